The lowest BCUT2D eigenvalue weighted by atomic mass is 10.1. The Morgan fingerprint density at radius 2 is 1.67 bits per heavy atom. The molecule has 0 amide bonds. The smallest absolute Gasteiger partial charge is 0.0679 e. The molecule has 2 heterocycles. The van der Waals surface area contributed by atoms with E-state index in [-0.39, 0.29) is 0 Å². The number of aryl methyl sites for hydroxylation is 2. The van der Waals surface area contributed by atoms with Crippen molar-refractivity contribution in [3.63, 3.8) is 0 Å². The fraction of sp³-hybridized carbons (Fsp3) is 0.600. The number of nitrogens with zero attached hydrogens (tertiary/aromatic N) is 3. The molecule has 0 spiro atoms. The third-order valence-corrected chi connectivity index (χ3v) is 4.30. The van der Waals surface area contributed by atoms with Crippen molar-refractivity contribution in [2.24, 2.45) is 0 Å². The predicted molar refractivity (Wildman–Crippen MR) is 104 cm³/mol. The fourth-order valence-corrected chi connectivity index (χ4v) is 2.85. The molecule has 1 aromatic rings. The molecule has 1 saturated heterocycles. The van der Waals surface area contributed by atoms with Crippen LogP contribution in [0.3, 0.4) is 0 Å². The summed E-state index contributed by atoms with van der Waals surface area (Å²) in [5.74, 6) is 0. The van der Waals surface area contributed by atoms with E-state index in [0.717, 1.165) is 33.9 Å². The van der Waals surface area contributed by atoms with Gasteiger partial charge in [-0.05, 0) is 66.2 Å². The Bertz CT molecular complexity index is 640. The van der Waals surface area contributed by atoms with E-state index in [1.165, 1.54) is 32.4 Å². The van der Waals surface area contributed by atoms with Crippen LogP contribution in [-0.2, 0) is 0 Å². The monoisotopic (exact) mass is 330 g/mol. The summed E-state index contributed by atoms with van der Waals surface area (Å²) < 4.78 is 0. The van der Waals surface area contributed by atoms with Crippen LogP contribution in [-0.4, -0.2) is 42.3 Å². The number of aromatic nitrogens is 2. The molecule has 4 heteroatoms. The van der Waals surface area contributed by atoms with Crippen molar-refractivity contribution < 1.29 is 0 Å². The molecule has 1 aliphatic heterocycles. The number of allylic oxidation sites excluding steroid dienone is 2. The van der Waals surface area contributed by atoms with E-state index in [2.05, 4.69) is 52.6 Å². The molecule has 4 nitrogen and oxygen atoms in total. The van der Waals surface area contributed by atoms with Gasteiger partial charge in [0.25, 0.3) is 0 Å². The van der Waals surface area contributed by atoms with Gasteiger partial charge in [-0.15, -0.1) is 0 Å². The Balaban J connectivity index is 0.000000341. The lowest BCUT2D eigenvalue weighted by molar-refractivity contribution is 0.277. The lowest BCUT2D eigenvalue weighted by Crippen LogP contribution is -2.33. The van der Waals surface area contributed by atoms with Crippen LogP contribution in [0.15, 0.2) is 11.8 Å². The standard InChI is InChI=1S/C14H21N3.C6H13N/c1-6-8-12(15-5)9-14-11(4)17-16-10(3)13(14)7-2;1-7-5-3-2-4-6-7/h7-9,15H,6H2,1-5H3;2-6H2,1H3/b12-8-,13-7-,14-9-;. The normalized spacial score (nSPS) is 17.5. The van der Waals surface area contributed by atoms with Gasteiger partial charge in [0.1, 0.15) is 0 Å². The molecule has 2 rings (SSSR count). The van der Waals surface area contributed by atoms with Crippen molar-refractivity contribution in [2.45, 2.75) is 53.4 Å². The molecule has 0 aliphatic carbocycles. The lowest BCUT2D eigenvalue weighted by Gasteiger charge is -2.20. The number of hydrogen-bond acceptors (Lipinski definition) is 4. The summed E-state index contributed by atoms with van der Waals surface area (Å²) in [6, 6.07) is 0. The van der Waals surface area contributed by atoms with Crippen LogP contribution in [0.4, 0.5) is 0 Å². The van der Waals surface area contributed by atoms with Gasteiger partial charge in [-0.3, -0.25) is 0 Å². The summed E-state index contributed by atoms with van der Waals surface area (Å²) >= 11 is 0. The van der Waals surface area contributed by atoms with Gasteiger partial charge in [0.2, 0.25) is 0 Å². The minimum atomic E-state index is 0.959. The quantitative estimate of drug-likeness (QED) is 0.923. The number of likely N-dealkylation sites (tertiary alicyclic amines) is 1. The maximum absolute atomic E-state index is 4.18. The minimum absolute atomic E-state index is 0.959. The third kappa shape index (κ3) is 6.44. The van der Waals surface area contributed by atoms with Gasteiger partial charge in [-0.2, -0.15) is 10.2 Å². The Kier molecular flexibility index (Phi) is 9.31. The van der Waals surface area contributed by atoms with Crippen LogP contribution < -0.4 is 15.8 Å². The van der Waals surface area contributed by atoms with E-state index in [4.69, 9.17) is 0 Å². The SMILES string of the molecule is C/C=c1/c(C)nnc(C)/c1=C/C(=C/CC)NC.CN1CCCCC1. The number of rotatable bonds is 3. The van der Waals surface area contributed by atoms with Crippen molar-refractivity contribution in [2.75, 3.05) is 27.2 Å². The summed E-state index contributed by atoms with van der Waals surface area (Å²) in [6.07, 6.45) is 11.7. The first-order valence-electron chi connectivity index (χ1n) is 9.07. The topological polar surface area (TPSA) is 41.1 Å². The highest BCUT2D eigenvalue weighted by Crippen LogP contribution is 2.04. The van der Waals surface area contributed by atoms with Crippen LogP contribution in [0.2, 0.25) is 0 Å². The molecule has 24 heavy (non-hydrogen) atoms. The second kappa shape index (κ2) is 11.0. The summed E-state index contributed by atoms with van der Waals surface area (Å²) in [6.45, 7) is 10.8. The van der Waals surface area contributed by atoms with Crippen LogP contribution in [0.1, 0.15) is 50.9 Å². The minimum Gasteiger partial charge on any atom is -0.388 e. The number of nitrogens with one attached hydrogen (secondary N) is 1. The summed E-state index contributed by atoms with van der Waals surface area (Å²) in [5, 5.41) is 13.8. The Labute approximate surface area is 147 Å². The average Bonchev–Trinajstić information content (AvgIpc) is 2.59. The highest BCUT2D eigenvalue weighted by atomic mass is 15.1. The van der Waals surface area contributed by atoms with Crippen molar-refractivity contribution in [1.82, 2.24) is 20.4 Å². The molecule has 0 saturated carbocycles. The molecule has 0 unspecified atom stereocenters. The van der Waals surface area contributed by atoms with Gasteiger partial charge in [0.05, 0.1) is 11.4 Å². The second-order valence-corrected chi connectivity index (χ2v) is 6.31. The van der Waals surface area contributed by atoms with Crippen molar-refractivity contribution in [3.05, 3.63) is 33.6 Å². The van der Waals surface area contributed by atoms with E-state index in [9.17, 15) is 0 Å². The van der Waals surface area contributed by atoms with Crippen LogP contribution >= 0.6 is 0 Å². The van der Waals surface area contributed by atoms with Crippen LogP contribution in [0.5, 0.6) is 0 Å². The van der Waals surface area contributed by atoms with Crippen LogP contribution in [0, 0.1) is 13.8 Å². The second-order valence-electron chi connectivity index (χ2n) is 6.31. The van der Waals surface area contributed by atoms with E-state index in [1.807, 2.05) is 27.8 Å². The Hall–Kier alpha value is -1.68. The maximum atomic E-state index is 4.18. The molecule has 0 aromatic carbocycles. The van der Waals surface area contributed by atoms with Crippen molar-refractivity contribution in [3.8, 4) is 0 Å². The van der Waals surface area contributed by atoms with E-state index < -0.39 is 0 Å². The highest BCUT2D eigenvalue weighted by Gasteiger charge is 2.02. The summed E-state index contributed by atoms with van der Waals surface area (Å²) in [4.78, 5) is 2.39. The zero-order valence-corrected chi connectivity index (χ0v) is 16.3. The molecular weight excluding hydrogens is 296 g/mol. The number of piperidine rings is 1. The zero-order valence-electron chi connectivity index (χ0n) is 16.3. The molecule has 1 fully saturated rings. The maximum Gasteiger partial charge on any atom is 0.0679 e. The van der Waals surface area contributed by atoms with Gasteiger partial charge in [0, 0.05) is 23.2 Å². The van der Waals surface area contributed by atoms with Crippen LogP contribution in [0.25, 0.3) is 12.2 Å². The van der Waals surface area contributed by atoms with E-state index in [0.29, 0.717) is 0 Å². The first-order chi connectivity index (χ1) is 11.5. The van der Waals surface area contributed by atoms with Gasteiger partial charge in [-0.1, -0.05) is 25.5 Å². The van der Waals surface area contributed by atoms with E-state index in [1.54, 1.807) is 0 Å². The predicted octanol–water partition coefficient (Wildman–Crippen LogP) is 2.29. The molecule has 1 N–H and O–H groups in total. The van der Waals surface area contributed by atoms with Crippen molar-refractivity contribution in [1.29, 1.82) is 0 Å². The Morgan fingerprint density at radius 3 is 2.08 bits per heavy atom. The molecule has 0 radical (unpaired) electrons. The van der Waals surface area contributed by atoms with Gasteiger partial charge < -0.3 is 10.2 Å². The van der Waals surface area contributed by atoms with Gasteiger partial charge >= 0.3 is 0 Å². The molecular formula is C20H34N4. The fourth-order valence-electron chi connectivity index (χ4n) is 2.85. The zero-order chi connectivity index (χ0) is 17.9. The van der Waals surface area contributed by atoms with Crippen molar-refractivity contribution >= 4 is 12.2 Å². The summed E-state index contributed by atoms with van der Waals surface area (Å²) in [5.41, 5.74) is 3.04. The first-order valence-corrected chi connectivity index (χ1v) is 9.07. The molecule has 134 valence electrons. The van der Waals surface area contributed by atoms with E-state index >= 15 is 0 Å². The number of hydrogen-bond donors (Lipinski definition) is 1. The largest absolute Gasteiger partial charge is 0.388 e. The molecule has 0 bridgehead atoms. The first kappa shape index (κ1) is 20.4. The third-order valence-electron chi connectivity index (χ3n) is 4.30. The average molecular weight is 331 g/mol. The van der Waals surface area contributed by atoms with Gasteiger partial charge in [0.15, 0.2) is 0 Å². The van der Waals surface area contributed by atoms with Gasteiger partial charge in [-0.25, -0.2) is 0 Å². The highest BCUT2D eigenvalue weighted by molar-refractivity contribution is 5.47. The summed E-state index contributed by atoms with van der Waals surface area (Å²) in [7, 11) is 4.13. The molecule has 1 aromatic heterocycles. The molecule has 1 aliphatic rings. The Morgan fingerprint density at radius 1 is 1.08 bits per heavy atom. The molecule has 0 atom stereocenters.